The molecule has 0 heterocycles. The molecule has 1 aliphatic rings. The van der Waals surface area contributed by atoms with Gasteiger partial charge < -0.3 is 19.5 Å². The number of nitrogens with one attached hydrogen (secondary N) is 1. The van der Waals surface area contributed by atoms with Crippen LogP contribution in [0.2, 0.25) is 5.02 Å². The monoisotopic (exact) mass is 439 g/mol. The van der Waals surface area contributed by atoms with E-state index in [9.17, 15) is 9.59 Å². The largest absolute Gasteiger partial charge is 0.485 e. The third-order valence-corrected chi connectivity index (χ3v) is 5.36. The minimum absolute atomic E-state index is 0.277. The van der Waals surface area contributed by atoms with Crippen molar-refractivity contribution in [3.8, 4) is 5.75 Å². The summed E-state index contributed by atoms with van der Waals surface area (Å²) in [5.74, 6) is 0.330. The average molecular weight is 440 g/mol. The Bertz CT molecular complexity index is 740. The van der Waals surface area contributed by atoms with Gasteiger partial charge >= 0.3 is 12.1 Å². The van der Waals surface area contributed by atoms with Gasteiger partial charge in [0.25, 0.3) is 0 Å². The van der Waals surface area contributed by atoms with Crippen LogP contribution in [0.25, 0.3) is 0 Å². The third-order valence-electron chi connectivity index (χ3n) is 5.07. The van der Waals surface area contributed by atoms with Crippen LogP contribution in [0, 0.1) is 12.8 Å². The molecule has 1 N–H and O–H groups in total. The number of carbonyl (C=O) groups is 2. The van der Waals surface area contributed by atoms with Crippen molar-refractivity contribution in [2.45, 2.75) is 91.1 Å². The fourth-order valence-corrected chi connectivity index (χ4v) is 3.88. The van der Waals surface area contributed by atoms with Gasteiger partial charge in [-0.15, -0.1) is 0 Å². The van der Waals surface area contributed by atoms with E-state index < -0.39 is 29.8 Å². The van der Waals surface area contributed by atoms with E-state index in [0.717, 1.165) is 31.2 Å². The van der Waals surface area contributed by atoms with Crippen LogP contribution in [0.4, 0.5) is 4.79 Å². The Labute approximate surface area is 184 Å². The summed E-state index contributed by atoms with van der Waals surface area (Å²) in [4.78, 5) is 24.5. The molecule has 1 aromatic rings. The molecule has 1 aromatic carbocycles. The van der Waals surface area contributed by atoms with Crippen molar-refractivity contribution in [3.63, 3.8) is 0 Å². The van der Waals surface area contributed by atoms with Gasteiger partial charge in [0.15, 0.2) is 0 Å². The number of amides is 1. The third kappa shape index (κ3) is 7.38. The van der Waals surface area contributed by atoms with E-state index in [1.54, 1.807) is 27.7 Å². The lowest BCUT2D eigenvalue weighted by Crippen LogP contribution is -2.46. The number of ether oxygens (including phenoxy) is 3. The first-order valence-electron chi connectivity index (χ1n) is 10.6. The van der Waals surface area contributed by atoms with Gasteiger partial charge in [-0.05, 0) is 78.0 Å². The van der Waals surface area contributed by atoms with E-state index in [1.165, 1.54) is 0 Å². The van der Waals surface area contributed by atoms with Crippen molar-refractivity contribution in [2.24, 2.45) is 5.92 Å². The summed E-state index contributed by atoms with van der Waals surface area (Å²) >= 11 is 6.36. The van der Waals surface area contributed by atoms with Gasteiger partial charge in [0.1, 0.15) is 29.6 Å². The van der Waals surface area contributed by atoms with Gasteiger partial charge in [-0.25, -0.2) is 9.59 Å². The SMILES string of the molecule is Cc1ccc(O[C@H](C2CCCC2)[C@H](C)OC(=O)[C@H](C)NC(=O)OC(C)(C)C)c(Cl)c1. The van der Waals surface area contributed by atoms with E-state index in [1.807, 2.05) is 32.0 Å². The van der Waals surface area contributed by atoms with Crippen molar-refractivity contribution in [3.05, 3.63) is 28.8 Å². The zero-order valence-corrected chi connectivity index (χ0v) is 19.5. The van der Waals surface area contributed by atoms with Crippen LogP contribution >= 0.6 is 11.6 Å². The second kappa shape index (κ2) is 10.4. The molecule has 7 heteroatoms. The molecule has 0 saturated heterocycles. The number of aryl methyl sites for hydroxylation is 1. The van der Waals surface area contributed by atoms with E-state index in [4.69, 9.17) is 25.8 Å². The molecule has 1 fully saturated rings. The number of esters is 1. The number of rotatable bonds is 7. The second-order valence-corrected chi connectivity index (χ2v) is 9.48. The van der Waals surface area contributed by atoms with Gasteiger partial charge in [0.2, 0.25) is 0 Å². The molecule has 168 valence electrons. The van der Waals surface area contributed by atoms with Gasteiger partial charge in [-0.2, -0.15) is 0 Å². The second-order valence-electron chi connectivity index (χ2n) is 9.07. The molecule has 0 aromatic heterocycles. The van der Waals surface area contributed by atoms with Crippen LogP contribution in [0.1, 0.15) is 65.9 Å². The van der Waals surface area contributed by atoms with E-state index in [0.29, 0.717) is 10.8 Å². The number of hydrogen-bond acceptors (Lipinski definition) is 5. The fourth-order valence-electron chi connectivity index (χ4n) is 3.60. The predicted octanol–water partition coefficient (Wildman–Crippen LogP) is 5.43. The summed E-state index contributed by atoms with van der Waals surface area (Å²) in [6.07, 6.45) is 2.82. The van der Waals surface area contributed by atoms with Crippen LogP contribution in [-0.4, -0.2) is 35.9 Å². The van der Waals surface area contributed by atoms with Crippen LogP contribution < -0.4 is 10.1 Å². The summed E-state index contributed by atoms with van der Waals surface area (Å²) in [6.45, 7) is 10.6. The standard InChI is InChI=1S/C23H34ClNO5/c1-14-11-12-19(18(24)13-14)29-20(17-9-7-8-10-17)16(3)28-21(26)15(2)25-22(27)30-23(4,5)6/h11-13,15-17,20H,7-10H2,1-6H3,(H,25,27)/t15-,16-,20-/m0/s1. The minimum atomic E-state index is -0.838. The molecule has 0 bridgehead atoms. The summed E-state index contributed by atoms with van der Waals surface area (Å²) in [5.41, 5.74) is 0.404. The number of halogens is 1. The molecule has 6 nitrogen and oxygen atoms in total. The van der Waals surface area contributed by atoms with Crippen LogP contribution in [0.15, 0.2) is 18.2 Å². The molecule has 1 saturated carbocycles. The highest BCUT2D eigenvalue weighted by Crippen LogP contribution is 2.35. The molecule has 30 heavy (non-hydrogen) atoms. The van der Waals surface area contributed by atoms with Gasteiger partial charge in [-0.1, -0.05) is 30.5 Å². The normalized spacial score (nSPS) is 17.7. The maximum atomic E-state index is 12.6. The average Bonchev–Trinajstić information content (AvgIpc) is 3.13. The molecule has 1 amide bonds. The lowest BCUT2D eigenvalue weighted by molar-refractivity contribution is -0.156. The van der Waals surface area contributed by atoms with Crippen LogP contribution in [-0.2, 0) is 14.3 Å². The highest BCUT2D eigenvalue weighted by atomic mass is 35.5. The van der Waals surface area contributed by atoms with Crippen LogP contribution in [0.3, 0.4) is 0 Å². The van der Waals surface area contributed by atoms with Crippen molar-refractivity contribution in [1.29, 1.82) is 0 Å². The first-order chi connectivity index (χ1) is 14.0. The summed E-state index contributed by atoms with van der Waals surface area (Å²) in [6, 6.07) is 4.80. The van der Waals surface area contributed by atoms with Gasteiger partial charge in [0, 0.05) is 0 Å². The molecule has 1 aliphatic carbocycles. The summed E-state index contributed by atoms with van der Waals surface area (Å²) < 4.78 is 17.1. The maximum absolute atomic E-state index is 12.6. The summed E-state index contributed by atoms with van der Waals surface area (Å²) in [5, 5.41) is 3.06. The first-order valence-corrected chi connectivity index (χ1v) is 11.0. The Morgan fingerprint density at radius 3 is 2.37 bits per heavy atom. The molecule has 3 atom stereocenters. The topological polar surface area (TPSA) is 73.9 Å². The van der Waals surface area contributed by atoms with Gasteiger partial charge in [0.05, 0.1) is 5.02 Å². The molecule has 0 spiro atoms. The zero-order chi connectivity index (χ0) is 22.5. The van der Waals surface area contributed by atoms with Gasteiger partial charge in [-0.3, -0.25) is 0 Å². The highest BCUT2D eigenvalue weighted by Gasteiger charge is 2.35. The number of benzene rings is 1. The fraction of sp³-hybridized carbons (Fsp3) is 0.652. The first kappa shape index (κ1) is 24.3. The zero-order valence-electron chi connectivity index (χ0n) is 18.8. The van der Waals surface area contributed by atoms with Crippen LogP contribution in [0.5, 0.6) is 5.75 Å². The minimum Gasteiger partial charge on any atom is -0.485 e. The molecule has 0 unspecified atom stereocenters. The number of carbonyl (C=O) groups excluding carboxylic acids is 2. The lowest BCUT2D eigenvalue weighted by Gasteiger charge is -2.31. The highest BCUT2D eigenvalue weighted by molar-refractivity contribution is 6.32. The van der Waals surface area contributed by atoms with Crippen molar-refractivity contribution >= 4 is 23.7 Å². The Hall–Kier alpha value is -1.95. The Morgan fingerprint density at radius 2 is 1.80 bits per heavy atom. The number of alkyl carbamates (subject to hydrolysis) is 1. The van der Waals surface area contributed by atoms with E-state index >= 15 is 0 Å². The smallest absolute Gasteiger partial charge is 0.408 e. The Balaban J connectivity index is 2.03. The molecule has 0 radical (unpaired) electrons. The molecule has 2 rings (SSSR count). The molecule has 0 aliphatic heterocycles. The van der Waals surface area contributed by atoms with E-state index in [-0.39, 0.29) is 12.0 Å². The van der Waals surface area contributed by atoms with Crippen molar-refractivity contribution in [1.82, 2.24) is 5.32 Å². The quantitative estimate of drug-likeness (QED) is 0.573. The Kier molecular flexibility index (Phi) is 8.42. The number of hydrogen-bond donors (Lipinski definition) is 1. The lowest BCUT2D eigenvalue weighted by atomic mass is 9.96. The van der Waals surface area contributed by atoms with Crippen molar-refractivity contribution < 1.29 is 23.8 Å². The van der Waals surface area contributed by atoms with E-state index in [2.05, 4.69) is 5.32 Å². The Morgan fingerprint density at radius 1 is 1.17 bits per heavy atom. The van der Waals surface area contributed by atoms with Crippen molar-refractivity contribution in [2.75, 3.05) is 0 Å². The molecular weight excluding hydrogens is 406 g/mol. The summed E-state index contributed by atoms with van der Waals surface area (Å²) in [7, 11) is 0. The predicted molar refractivity (Wildman–Crippen MR) is 117 cm³/mol. The molecular formula is C23H34ClNO5. The maximum Gasteiger partial charge on any atom is 0.408 e.